The summed E-state index contributed by atoms with van der Waals surface area (Å²) in [5, 5.41) is 3.59. The van der Waals surface area contributed by atoms with Crippen LogP contribution in [0.4, 0.5) is 5.95 Å². The lowest BCUT2D eigenvalue weighted by atomic mass is 10.1. The summed E-state index contributed by atoms with van der Waals surface area (Å²) in [7, 11) is 1.92. The summed E-state index contributed by atoms with van der Waals surface area (Å²) in [6, 6.07) is 17.7. The standard InChI is InChI=1S/C21H21ClN4O/c1-26(15-17-5-3-2-4-6-17)21-24-13-18(14-25-21)20(27)23-12-11-16-7-9-19(22)10-8-16/h2-10,13-14H,11-12,15H2,1H3,(H,23,27). The molecule has 5 nitrogen and oxygen atoms in total. The number of hydrogen-bond acceptors (Lipinski definition) is 4. The van der Waals surface area contributed by atoms with E-state index in [1.807, 2.05) is 54.4 Å². The Balaban J connectivity index is 1.51. The second kappa shape index (κ2) is 9.14. The molecule has 0 unspecified atom stereocenters. The lowest BCUT2D eigenvalue weighted by Crippen LogP contribution is -2.26. The van der Waals surface area contributed by atoms with Gasteiger partial charge >= 0.3 is 0 Å². The van der Waals surface area contributed by atoms with Crippen molar-refractivity contribution < 1.29 is 4.79 Å². The number of nitrogens with zero attached hydrogens (tertiary/aromatic N) is 3. The number of nitrogens with one attached hydrogen (secondary N) is 1. The third-order valence-electron chi connectivity index (χ3n) is 4.12. The highest BCUT2D eigenvalue weighted by molar-refractivity contribution is 6.30. The number of carbonyl (C=O) groups is 1. The number of anilines is 1. The topological polar surface area (TPSA) is 58.1 Å². The van der Waals surface area contributed by atoms with Crippen LogP contribution in [-0.4, -0.2) is 29.5 Å². The van der Waals surface area contributed by atoms with Gasteiger partial charge in [0, 0.05) is 37.6 Å². The summed E-state index contributed by atoms with van der Waals surface area (Å²) < 4.78 is 0. The van der Waals surface area contributed by atoms with Crippen LogP contribution in [0.15, 0.2) is 67.0 Å². The molecule has 1 N–H and O–H groups in total. The lowest BCUT2D eigenvalue weighted by molar-refractivity contribution is 0.0953. The second-order valence-corrected chi connectivity index (χ2v) is 6.68. The van der Waals surface area contributed by atoms with Crippen LogP contribution in [0.2, 0.25) is 5.02 Å². The highest BCUT2D eigenvalue weighted by atomic mass is 35.5. The number of rotatable bonds is 7. The van der Waals surface area contributed by atoms with Crippen LogP contribution in [0.1, 0.15) is 21.5 Å². The summed E-state index contributed by atoms with van der Waals surface area (Å²) in [4.78, 5) is 22.8. The van der Waals surface area contributed by atoms with Crippen LogP contribution >= 0.6 is 11.6 Å². The minimum Gasteiger partial charge on any atom is -0.352 e. The van der Waals surface area contributed by atoms with Crippen molar-refractivity contribution in [2.24, 2.45) is 0 Å². The van der Waals surface area contributed by atoms with Crippen molar-refractivity contribution in [1.29, 1.82) is 0 Å². The Morgan fingerprint density at radius 3 is 2.33 bits per heavy atom. The third kappa shape index (κ3) is 5.53. The zero-order valence-corrected chi connectivity index (χ0v) is 15.9. The van der Waals surface area contributed by atoms with Gasteiger partial charge in [0.15, 0.2) is 0 Å². The van der Waals surface area contributed by atoms with E-state index in [0.29, 0.717) is 29.6 Å². The first-order chi connectivity index (χ1) is 13.1. The highest BCUT2D eigenvalue weighted by Gasteiger charge is 2.09. The SMILES string of the molecule is CN(Cc1ccccc1)c1ncc(C(=O)NCCc2ccc(Cl)cc2)cn1. The van der Waals surface area contributed by atoms with Crippen molar-refractivity contribution in [3.63, 3.8) is 0 Å². The second-order valence-electron chi connectivity index (χ2n) is 6.25. The summed E-state index contributed by atoms with van der Waals surface area (Å²) in [6.07, 6.45) is 3.85. The van der Waals surface area contributed by atoms with Crippen LogP contribution in [-0.2, 0) is 13.0 Å². The molecule has 0 aliphatic rings. The van der Waals surface area contributed by atoms with E-state index in [9.17, 15) is 4.79 Å². The van der Waals surface area contributed by atoms with Gasteiger partial charge in [-0.1, -0.05) is 54.1 Å². The van der Waals surface area contributed by atoms with E-state index in [0.717, 1.165) is 12.0 Å². The van der Waals surface area contributed by atoms with E-state index in [2.05, 4.69) is 27.4 Å². The predicted molar refractivity (Wildman–Crippen MR) is 108 cm³/mol. The maximum atomic E-state index is 12.2. The van der Waals surface area contributed by atoms with Crippen molar-refractivity contribution in [2.75, 3.05) is 18.5 Å². The van der Waals surface area contributed by atoms with E-state index in [4.69, 9.17) is 11.6 Å². The minimum absolute atomic E-state index is 0.179. The molecule has 27 heavy (non-hydrogen) atoms. The fourth-order valence-electron chi connectivity index (χ4n) is 2.64. The van der Waals surface area contributed by atoms with Gasteiger partial charge < -0.3 is 10.2 Å². The van der Waals surface area contributed by atoms with Gasteiger partial charge in [0.1, 0.15) is 0 Å². The molecular formula is C21H21ClN4O. The zero-order chi connectivity index (χ0) is 19.1. The van der Waals surface area contributed by atoms with Gasteiger partial charge in [-0.3, -0.25) is 4.79 Å². The molecule has 0 radical (unpaired) electrons. The van der Waals surface area contributed by atoms with Gasteiger partial charge in [0.2, 0.25) is 5.95 Å². The Morgan fingerprint density at radius 1 is 1.00 bits per heavy atom. The molecule has 6 heteroatoms. The third-order valence-corrected chi connectivity index (χ3v) is 4.37. The molecule has 3 aromatic rings. The summed E-state index contributed by atoms with van der Waals surface area (Å²) in [5.74, 6) is 0.401. The zero-order valence-electron chi connectivity index (χ0n) is 15.1. The van der Waals surface area contributed by atoms with E-state index < -0.39 is 0 Å². The predicted octanol–water partition coefficient (Wildman–Crippen LogP) is 3.74. The highest BCUT2D eigenvalue weighted by Crippen LogP contribution is 2.11. The van der Waals surface area contributed by atoms with Crippen LogP contribution in [0.25, 0.3) is 0 Å². The Morgan fingerprint density at radius 2 is 1.67 bits per heavy atom. The molecule has 1 aromatic heterocycles. The maximum absolute atomic E-state index is 12.2. The molecule has 0 saturated heterocycles. The average molecular weight is 381 g/mol. The van der Waals surface area contributed by atoms with E-state index in [1.165, 1.54) is 5.56 Å². The molecule has 2 aromatic carbocycles. The fourth-order valence-corrected chi connectivity index (χ4v) is 2.76. The van der Waals surface area contributed by atoms with Crippen molar-refractivity contribution in [3.05, 3.63) is 88.7 Å². The summed E-state index contributed by atoms with van der Waals surface area (Å²) in [5.41, 5.74) is 2.74. The molecule has 138 valence electrons. The van der Waals surface area contributed by atoms with Gasteiger partial charge in [0.05, 0.1) is 5.56 Å². The first kappa shape index (κ1) is 18.9. The van der Waals surface area contributed by atoms with E-state index in [1.54, 1.807) is 12.4 Å². The Labute approximate surface area is 164 Å². The van der Waals surface area contributed by atoms with Crippen LogP contribution in [0, 0.1) is 0 Å². The molecule has 1 heterocycles. The van der Waals surface area contributed by atoms with Crippen LogP contribution in [0.5, 0.6) is 0 Å². The number of halogens is 1. The normalized spacial score (nSPS) is 10.4. The van der Waals surface area contributed by atoms with Crippen molar-refractivity contribution in [1.82, 2.24) is 15.3 Å². The van der Waals surface area contributed by atoms with Gasteiger partial charge in [-0.15, -0.1) is 0 Å². The van der Waals surface area contributed by atoms with Gasteiger partial charge in [-0.25, -0.2) is 9.97 Å². The first-order valence-corrected chi connectivity index (χ1v) is 9.09. The van der Waals surface area contributed by atoms with Crippen molar-refractivity contribution in [2.45, 2.75) is 13.0 Å². The summed E-state index contributed by atoms with van der Waals surface area (Å²) >= 11 is 5.87. The Kier molecular flexibility index (Phi) is 6.39. The molecule has 0 aliphatic heterocycles. The fraction of sp³-hybridized carbons (Fsp3) is 0.190. The molecule has 0 bridgehead atoms. The van der Waals surface area contributed by atoms with Gasteiger partial charge in [-0.2, -0.15) is 0 Å². The minimum atomic E-state index is -0.179. The Bertz CT molecular complexity index is 867. The number of benzene rings is 2. The molecule has 0 spiro atoms. The Hall–Kier alpha value is -2.92. The molecule has 0 saturated carbocycles. The smallest absolute Gasteiger partial charge is 0.254 e. The molecule has 1 amide bonds. The van der Waals surface area contributed by atoms with E-state index >= 15 is 0 Å². The van der Waals surface area contributed by atoms with Crippen molar-refractivity contribution >= 4 is 23.5 Å². The number of aromatic nitrogens is 2. The lowest BCUT2D eigenvalue weighted by Gasteiger charge is -2.17. The molecule has 0 atom stereocenters. The van der Waals surface area contributed by atoms with Gasteiger partial charge in [0.25, 0.3) is 5.91 Å². The molecule has 0 fully saturated rings. The number of amides is 1. The number of hydrogen-bond donors (Lipinski definition) is 1. The maximum Gasteiger partial charge on any atom is 0.254 e. The summed E-state index contributed by atoms with van der Waals surface area (Å²) in [6.45, 7) is 1.24. The van der Waals surface area contributed by atoms with E-state index in [-0.39, 0.29) is 5.91 Å². The molecular weight excluding hydrogens is 360 g/mol. The van der Waals surface area contributed by atoms with Crippen LogP contribution < -0.4 is 10.2 Å². The molecule has 0 aliphatic carbocycles. The first-order valence-electron chi connectivity index (χ1n) is 8.71. The number of carbonyl (C=O) groups excluding carboxylic acids is 1. The van der Waals surface area contributed by atoms with Crippen molar-refractivity contribution in [3.8, 4) is 0 Å². The average Bonchev–Trinajstić information content (AvgIpc) is 2.70. The molecule has 3 rings (SSSR count). The largest absolute Gasteiger partial charge is 0.352 e. The quantitative estimate of drug-likeness (QED) is 0.678. The van der Waals surface area contributed by atoms with Gasteiger partial charge in [-0.05, 0) is 29.7 Å². The van der Waals surface area contributed by atoms with Crippen LogP contribution in [0.3, 0.4) is 0 Å². The monoisotopic (exact) mass is 380 g/mol.